The summed E-state index contributed by atoms with van der Waals surface area (Å²) in [4.78, 5) is 29.9. The van der Waals surface area contributed by atoms with Gasteiger partial charge in [-0.3, -0.25) is 20.4 Å². The topological polar surface area (TPSA) is 89.6 Å². The highest BCUT2D eigenvalue weighted by Crippen LogP contribution is 2.33. The first-order chi connectivity index (χ1) is 16.0. The number of benzene rings is 3. The number of hydrogen-bond acceptors (Lipinski definition) is 5. The molecule has 0 aliphatic heterocycles. The van der Waals surface area contributed by atoms with Crippen molar-refractivity contribution in [3.8, 4) is 22.8 Å². The molecule has 3 aromatic carbocycles. The molecule has 1 aromatic heterocycles. The summed E-state index contributed by atoms with van der Waals surface area (Å²) in [6, 6.07) is 19.3. The summed E-state index contributed by atoms with van der Waals surface area (Å²) < 4.78 is 24.0. The third-order valence-corrected chi connectivity index (χ3v) is 5.02. The van der Waals surface area contributed by atoms with E-state index in [2.05, 4.69) is 15.8 Å². The van der Waals surface area contributed by atoms with E-state index in [4.69, 9.17) is 9.47 Å². The van der Waals surface area contributed by atoms with E-state index in [0.29, 0.717) is 33.7 Å². The molecule has 0 unspecified atom stereocenters. The Balaban J connectivity index is 1.67. The highest BCUT2D eigenvalue weighted by Gasteiger charge is 2.16. The molecule has 0 saturated carbocycles. The number of aromatic nitrogens is 1. The molecule has 0 aliphatic rings. The third kappa shape index (κ3) is 4.59. The summed E-state index contributed by atoms with van der Waals surface area (Å²) in [5.74, 6) is -0.631. The van der Waals surface area contributed by atoms with Crippen molar-refractivity contribution in [3.05, 3.63) is 89.7 Å². The van der Waals surface area contributed by atoms with Gasteiger partial charge in [0.15, 0.2) is 11.5 Å². The highest BCUT2D eigenvalue weighted by atomic mass is 19.1. The van der Waals surface area contributed by atoms with Gasteiger partial charge in [-0.2, -0.15) is 0 Å². The number of carbonyl (C=O) groups is 2. The average Bonchev–Trinajstić information content (AvgIpc) is 2.85. The van der Waals surface area contributed by atoms with Crippen molar-refractivity contribution in [2.45, 2.75) is 0 Å². The highest BCUT2D eigenvalue weighted by molar-refractivity contribution is 6.08. The van der Waals surface area contributed by atoms with Gasteiger partial charge in [-0.1, -0.05) is 24.3 Å². The summed E-state index contributed by atoms with van der Waals surface area (Å²) >= 11 is 0. The van der Waals surface area contributed by atoms with Crippen LogP contribution in [-0.4, -0.2) is 31.0 Å². The Bertz CT molecular complexity index is 1360. The van der Waals surface area contributed by atoms with E-state index in [1.54, 1.807) is 43.5 Å². The van der Waals surface area contributed by atoms with Crippen LogP contribution in [0.5, 0.6) is 11.5 Å². The van der Waals surface area contributed by atoms with Gasteiger partial charge in [-0.25, -0.2) is 9.37 Å². The fourth-order valence-corrected chi connectivity index (χ4v) is 3.39. The Kier molecular flexibility index (Phi) is 6.17. The van der Waals surface area contributed by atoms with Gasteiger partial charge in [0.1, 0.15) is 5.82 Å². The summed E-state index contributed by atoms with van der Waals surface area (Å²) in [5, 5.41) is 0.610. The first kappa shape index (κ1) is 21.8. The number of fused-ring (bicyclic) bond motifs is 1. The van der Waals surface area contributed by atoms with Gasteiger partial charge in [-0.15, -0.1) is 0 Å². The zero-order chi connectivity index (χ0) is 23.4. The molecule has 8 heteroatoms. The summed E-state index contributed by atoms with van der Waals surface area (Å²) in [6.07, 6.45) is 0. The molecule has 4 rings (SSSR count). The molecule has 7 nitrogen and oxygen atoms in total. The van der Waals surface area contributed by atoms with Crippen LogP contribution < -0.4 is 20.3 Å². The zero-order valence-corrected chi connectivity index (χ0v) is 17.9. The molecule has 2 N–H and O–H groups in total. The number of ether oxygens (including phenoxy) is 2. The van der Waals surface area contributed by atoms with Gasteiger partial charge >= 0.3 is 0 Å². The predicted octanol–water partition coefficient (Wildman–Crippen LogP) is 4.13. The minimum atomic E-state index is -0.638. The van der Waals surface area contributed by atoms with Crippen LogP contribution in [0.2, 0.25) is 0 Å². The zero-order valence-electron chi connectivity index (χ0n) is 17.9. The van der Waals surface area contributed by atoms with Gasteiger partial charge in [0.05, 0.1) is 31.0 Å². The predicted molar refractivity (Wildman–Crippen MR) is 122 cm³/mol. The molecule has 1 heterocycles. The van der Waals surface area contributed by atoms with E-state index in [0.717, 1.165) is 11.6 Å². The largest absolute Gasteiger partial charge is 0.493 e. The Labute approximate surface area is 189 Å². The van der Waals surface area contributed by atoms with E-state index in [1.165, 1.54) is 25.3 Å². The fraction of sp³-hybridized carbons (Fsp3) is 0.0800. The van der Waals surface area contributed by atoms with Gasteiger partial charge in [0.2, 0.25) is 0 Å². The third-order valence-electron chi connectivity index (χ3n) is 5.02. The lowest BCUT2D eigenvalue weighted by Gasteiger charge is -2.13. The molecule has 4 aromatic rings. The summed E-state index contributed by atoms with van der Waals surface area (Å²) in [7, 11) is 3.09. The second-order valence-corrected chi connectivity index (χ2v) is 7.06. The normalized spacial score (nSPS) is 10.5. The van der Waals surface area contributed by atoms with E-state index in [-0.39, 0.29) is 5.56 Å². The molecular weight excluding hydrogens is 425 g/mol. The molecule has 0 fully saturated rings. The number of rotatable bonds is 5. The number of methoxy groups -OCH3 is 2. The summed E-state index contributed by atoms with van der Waals surface area (Å²) in [5.41, 5.74) is 6.97. The molecule has 0 aliphatic carbocycles. The number of carbonyl (C=O) groups excluding carboxylic acids is 2. The molecule has 0 atom stereocenters. The molecule has 0 spiro atoms. The van der Waals surface area contributed by atoms with Gasteiger partial charge in [-0.05, 0) is 48.5 Å². The van der Waals surface area contributed by atoms with Crippen LogP contribution in [0.1, 0.15) is 20.7 Å². The van der Waals surface area contributed by atoms with E-state index in [1.807, 2.05) is 12.1 Å². The second-order valence-electron chi connectivity index (χ2n) is 7.06. The number of hydrazine groups is 1. The molecule has 166 valence electrons. The van der Waals surface area contributed by atoms with Crippen molar-refractivity contribution >= 4 is 22.7 Å². The smallest absolute Gasteiger partial charge is 0.270 e. The van der Waals surface area contributed by atoms with Gasteiger partial charge < -0.3 is 9.47 Å². The van der Waals surface area contributed by atoms with Crippen molar-refractivity contribution in [2.24, 2.45) is 0 Å². The van der Waals surface area contributed by atoms with Crippen molar-refractivity contribution in [2.75, 3.05) is 14.2 Å². The molecule has 2 amide bonds. The van der Waals surface area contributed by atoms with Crippen molar-refractivity contribution in [1.29, 1.82) is 0 Å². The first-order valence-corrected chi connectivity index (χ1v) is 9.98. The van der Waals surface area contributed by atoms with Crippen LogP contribution in [0.15, 0.2) is 72.8 Å². The van der Waals surface area contributed by atoms with Crippen molar-refractivity contribution in [1.82, 2.24) is 15.8 Å². The molecule has 0 radical (unpaired) electrons. The van der Waals surface area contributed by atoms with Crippen molar-refractivity contribution < 1.29 is 23.5 Å². The van der Waals surface area contributed by atoms with Crippen LogP contribution >= 0.6 is 0 Å². The Morgan fingerprint density at radius 2 is 1.58 bits per heavy atom. The van der Waals surface area contributed by atoms with E-state index < -0.39 is 17.6 Å². The number of nitrogens with zero attached hydrogens (tertiary/aromatic N) is 1. The van der Waals surface area contributed by atoms with Gasteiger partial charge in [0, 0.05) is 16.5 Å². The van der Waals surface area contributed by atoms with Crippen LogP contribution in [0.4, 0.5) is 4.39 Å². The number of nitrogens with one attached hydrogen (secondary N) is 2. The minimum Gasteiger partial charge on any atom is -0.493 e. The number of para-hydroxylation sites is 1. The second kappa shape index (κ2) is 9.35. The maximum atomic E-state index is 13.4. The molecule has 33 heavy (non-hydrogen) atoms. The molecule has 0 saturated heterocycles. The maximum absolute atomic E-state index is 13.4. The Hall–Kier alpha value is -4.46. The SMILES string of the molecule is COc1ccc(-c2cc(C(=O)NNC(=O)c3cccc(F)c3)c3ccccc3n2)cc1OC. The first-order valence-electron chi connectivity index (χ1n) is 9.98. The van der Waals surface area contributed by atoms with Crippen LogP contribution in [0.25, 0.3) is 22.2 Å². The monoisotopic (exact) mass is 445 g/mol. The average molecular weight is 445 g/mol. The number of hydrogen-bond donors (Lipinski definition) is 2. The van der Waals surface area contributed by atoms with Crippen LogP contribution in [0, 0.1) is 5.82 Å². The Morgan fingerprint density at radius 1 is 0.818 bits per heavy atom. The maximum Gasteiger partial charge on any atom is 0.270 e. The quantitative estimate of drug-likeness (QED) is 0.451. The lowest BCUT2D eigenvalue weighted by molar-refractivity contribution is 0.0847. The van der Waals surface area contributed by atoms with E-state index >= 15 is 0 Å². The lowest BCUT2D eigenvalue weighted by atomic mass is 10.0. The number of halogens is 1. The standard InChI is InChI=1S/C25H20FN3O4/c1-32-22-11-10-15(13-23(22)33-2)21-14-19(18-8-3-4-9-20(18)27-21)25(31)29-28-24(30)16-6-5-7-17(26)12-16/h3-14H,1-2H3,(H,28,30)(H,29,31). The minimum absolute atomic E-state index is 0.0842. The fourth-order valence-electron chi connectivity index (χ4n) is 3.39. The number of pyridine rings is 1. The van der Waals surface area contributed by atoms with Crippen molar-refractivity contribution in [3.63, 3.8) is 0 Å². The van der Waals surface area contributed by atoms with E-state index in [9.17, 15) is 14.0 Å². The lowest BCUT2D eigenvalue weighted by Crippen LogP contribution is -2.41. The number of amides is 2. The molecule has 0 bridgehead atoms. The summed E-state index contributed by atoms with van der Waals surface area (Å²) in [6.45, 7) is 0. The van der Waals surface area contributed by atoms with Crippen LogP contribution in [-0.2, 0) is 0 Å². The van der Waals surface area contributed by atoms with Gasteiger partial charge in [0.25, 0.3) is 11.8 Å². The van der Waals surface area contributed by atoms with Crippen LogP contribution in [0.3, 0.4) is 0 Å². The molecular formula is C25H20FN3O4. The Morgan fingerprint density at radius 3 is 2.33 bits per heavy atom.